The number of allylic oxidation sites excluding steroid dienone is 2. The summed E-state index contributed by atoms with van der Waals surface area (Å²) < 4.78 is 0. The van der Waals surface area contributed by atoms with Crippen molar-refractivity contribution < 1.29 is 9.90 Å². The normalized spacial score (nSPS) is 17.2. The Morgan fingerprint density at radius 3 is 1.65 bits per heavy atom. The number of unbranched alkanes of at least 4 members (excludes halogenated alkanes) is 12. The van der Waals surface area contributed by atoms with Gasteiger partial charge in [-0.25, -0.2) is 0 Å². The molecule has 0 atom stereocenters. The van der Waals surface area contributed by atoms with E-state index in [2.05, 4.69) is 13.8 Å². The van der Waals surface area contributed by atoms with Gasteiger partial charge >= 0.3 is 0 Å². The van der Waals surface area contributed by atoms with Crippen molar-refractivity contribution in [1.29, 1.82) is 0 Å². The summed E-state index contributed by atoms with van der Waals surface area (Å²) in [7, 11) is 0. The third-order valence-electron chi connectivity index (χ3n) is 6.25. The molecule has 0 aliphatic heterocycles. The smallest absolute Gasteiger partial charge is 0.158 e. The first-order valence-corrected chi connectivity index (χ1v) is 11.3. The largest absolute Gasteiger partial charge is 0.396 e. The van der Waals surface area contributed by atoms with Crippen LogP contribution in [0.4, 0.5) is 0 Å². The van der Waals surface area contributed by atoms with E-state index in [0.717, 1.165) is 31.3 Å². The molecule has 152 valence electrons. The molecule has 1 rings (SSSR count). The predicted octanol–water partition coefficient (Wildman–Crippen LogP) is 7.15. The van der Waals surface area contributed by atoms with Gasteiger partial charge in [0.05, 0.1) is 0 Å². The zero-order chi connectivity index (χ0) is 19.3. The van der Waals surface area contributed by atoms with Crippen molar-refractivity contribution in [3.63, 3.8) is 0 Å². The van der Waals surface area contributed by atoms with E-state index < -0.39 is 0 Å². The van der Waals surface area contributed by atoms with E-state index in [1.54, 1.807) is 0 Å². The van der Waals surface area contributed by atoms with Crippen molar-refractivity contribution in [3.05, 3.63) is 11.1 Å². The monoisotopic (exact) mass is 364 g/mol. The molecule has 0 fully saturated rings. The highest BCUT2D eigenvalue weighted by atomic mass is 16.2. The molecule has 0 spiro atoms. The van der Waals surface area contributed by atoms with Crippen LogP contribution in [0.5, 0.6) is 0 Å². The number of aliphatic hydroxyl groups is 1. The van der Waals surface area contributed by atoms with Crippen LogP contribution in [0.15, 0.2) is 11.1 Å². The summed E-state index contributed by atoms with van der Waals surface area (Å²) >= 11 is 0. The van der Waals surface area contributed by atoms with E-state index in [1.165, 1.54) is 82.6 Å². The Morgan fingerprint density at radius 2 is 1.19 bits per heavy atom. The highest BCUT2D eigenvalue weighted by Crippen LogP contribution is 2.41. The average Bonchev–Trinajstić information content (AvgIpc) is 2.61. The third kappa shape index (κ3) is 9.35. The summed E-state index contributed by atoms with van der Waals surface area (Å²) in [6, 6.07) is 0. The van der Waals surface area contributed by atoms with Crippen molar-refractivity contribution >= 4 is 5.78 Å². The molecule has 1 aliphatic rings. The molecule has 0 amide bonds. The highest BCUT2D eigenvalue weighted by Gasteiger charge is 2.31. The Morgan fingerprint density at radius 1 is 0.769 bits per heavy atom. The molecular formula is C24H44O2. The van der Waals surface area contributed by atoms with Crippen molar-refractivity contribution in [1.82, 2.24) is 0 Å². The second kappa shape index (κ2) is 13.5. The van der Waals surface area contributed by atoms with Gasteiger partial charge in [0, 0.05) is 13.0 Å². The van der Waals surface area contributed by atoms with Crippen LogP contribution in [0.25, 0.3) is 0 Å². The Hall–Kier alpha value is -0.630. The van der Waals surface area contributed by atoms with Crippen LogP contribution in [-0.4, -0.2) is 17.5 Å². The van der Waals surface area contributed by atoms with E-state index >= 15 is 0 Å². The van der Waals surface area contributed by atoms with Crippen molar-refractivity contribution in [2.24, 2.45) is 5.41 Å². The number of ketones is 1. The number of aliphatic hydroxyl groups excluding tert-OH is 1. The summed E-state index contributed by atoms with van der Waals surface area (Å²) in [4.78, 5) is 12.0. The molecule has 0 unspecified atom stereocenters. The molecule has 0 saturated heterocycles. The second-order valence-electron chi connectivity index (χ2n) is 8.98. The lowest BCUT2D eigenvalue weighted by atomic mass is 9.70. The molecule has 1 N–H and O–H groups in total. The maximum atomic E-state index is 12.0. The molecule has 0 aromatic carbocycles. The van der Waals surface area contributed by atoms with E-state index in [0.29, 0.717) is 12.4 Å². The fourth-order valence-electron chi connectivity index (χ4n) is 4.32. The Balaban J connectivity index is 1.96. The Labute approximate surface area is 162 Å². The van der Waals surface area contributed by atoms with Gasteiger partial charge in [-0.15, -0.1) is 0 Å². The van der Waals surface area contributed by atoms with Crippen LogP contribution in [0.3, 0.4) is 0 Å². The van der Waals surface area contributed by atoms with Crippen LogP contribution in [0.1, 0.15) is 124 Å². The van der Waals surface area contributed by atoms with Crippen LogP contribution in [0, 0.1) is 5.41 Å². The lowest BCUT2D eigenvalue weighted by Gasteiger charge is -2.34. The van der Waals surface area contributed by atoms with Gasteiger partial charge < -0.3 is 5.11 Å². The quantitative estimate of drug-likeness (QED) is 0.313. The molecule has 0 aromatic heterocycles. The molecule has 2 heteroatoms. The lowest BCUT2D eigenvalue weighted by molar-refractivity contribution is -0.116. The minimum atomic E-state index is 0.232. The minimum absolute atomic E-state index is 0.232. The number of carbonyl (C=O) groups excluding carboxylic acids is 1. The van der Waals surface area contributed by atoms with Crippen molar-refractivity contribution in [2.45, 2.75) is 124 Å². The first kappa shape index (κ1) is 23.4. The molecule has 26 heavy (non-hydrogen) atoms. The summed E-state index contributed by atoms with van der Waals surface area (Å²) in [6.45, 7) is 7.02. The zero-order valence-electron chi connectivity index (χ0n) is 17.9. The molecule has 1 aliphatic carbocycles. The molecule has 2 nitrogen and oxygen atoms in total. The van der Waals surface area contributed by atoms with Crippen molar-refractivity contribution in [3.8, 4) is 0 Å². The number of Topliss-reactive ketones (excluding diaryl/α,β-unsaturated/α-hetero) is 1. The van der Waals surface area contributed by atoms with Crippen LogP contribution < -0.4 is 0 Å². The van der Waals surface area contributed by atoms with Gasteiger partial charge in [0.25, 0.3) is 0 Å². The highest BCUT2D eigenvalue weighted by molar-refractivity contribution is 5.96. The van der Waals surface area contributed by atoms with E-state index in [-0.39, 0.29) is 5.41 Å². The fourth-order valence-corrected chi connectivity index (χ4v) is 4.32. The van der Waals surface area contributed by atoms with Gasteiger partial charge in [-0.2, -0.15) is 0 Å². The second-order valence-corrected chi connectivity index (χ2v) is 8.98. The predicted molar refractivity (Wildman–Crippen MR) is 112 cm³/mol. The van der Waals surface area contributed by atoms with Gasteiger partial charge in [0.15, 0.2) is 5.78 Å². The molecule has 0 saturated carbocycles. The summed E-state index contributed by atoms with van der Waals surface area (Å²) in [5.74, 6) is 0.382. The SMILES string of the molecule is CC1=C(CCCCCCCCCCCCCCCO)C(C)(C)CCC1=O. The third-order valence-corrected chi connectivity index (χ3v) is 6.25. The molecule has 0 bridgehead atoms. The van der Waals surface area contributed by atoms with Gasteiger partial charge in [-0.3, -0.25) is 4.79 Å². The van der Waals surface area contributed by atoms with E-state index in [4.69, 9.17) is 5.11 Å². The Kier molecular flexibility index (Phi) is 12.2. The van der Waals surface area contributed by atoms with Gasteiger partial charge in [0.1, 0.15) is 0 Å². The van der Waals surface area contributed by atoms with E-state index in [1.807, 2.05) is 6.92 Å². The first-order chi connectivity index (χ1) is 12.5. The fraction of sp³-hybridized carbons (Fsp3) is 0.875. The summed E-state index contributed by atoms with van der Waals surface area (Å²) in [6.07, 6.45) is 19.9. The van der Waals surface area contributed by atoms with Gasteiger partial charge in [-0.1, -0.05) is 90.0 Å². The number of hydrogen-bond donors (Lipinski definition) is 1. The van der Waals surface area contributed by atoms with E-state index in [9.17, 15) is 4.79 Å². The minimum Gasteiger partial charge on any atom is -0.396 e. The lowest BCUT2D eigenvalue weighted by Crippen LogP contribution is -2.25. The van der Waals surface area contributed by atoms with Crippen LogP contribution >= 0.6 is 0 Å². The Bertz CT molecular complexity index is 420. The zero-order valence-corrected chi connectivity index (χ0v) is 17.9. The number of rotatable bonds is 15. The number of carbonyl (C=O) groups is 1. The topological polar surface area (TPSA) is 37.3 Å². The average molecular weight is 365 g/mol. The van der Waals surface area contributed by atoms with Crippen molar-refractivity contribution in [2.75, 3.05) is 6.61 Å². The number of hydrogen-bond acceptors (Lipinski definition) is 2. The first-order valence-electron chi connectivity index (χ1n) is 11.3. The molecule has 0 heterocycles. The van der Waals surface area contributed by atoms with Gasteiger partial charge in [0.2, 0.25) is 0 Å². The standard InChI is InChI=1S/C24H44O2/c1-21-22(24(2,3)19-18-23(21)26)17-15-13-11-9-7-5-4-6-8-10-12-14-16-20-25/h25H,4-20H2,1-3H3. The molecular weight excluding hydrogens is 320 g/mol. The summed E-state index contributed by atoms with van der Waals surface area (Å²) in [5.41, 5.74) is 2.74. The summed E-state index contributed by atoms with van der Waals surface area (Å²) in [5, 5.41) is 8.74. The van der Waals surface area contributed by atoms with Gasteiger partial charge in [-0.05, 0) is 43.6 Å². The maximum Gasteiger partial charge on any atom is 0.158 e. The molecule has 0 radical (unpaired) electrons. The van der Waals surface area contributed by atoms with Crippen LogP contribution in [0.2, 0.25) is 0 Å². The molecule has 0 aromatic rings. The van der Waals surface area contributed by atoms with Crippen LogP contribution in [-0.2, 0) is 4.79 Å². The maximum absolute atomic E-state index is 12.0.